The Morgan fingerprint density at radius 3 is 2.74 bits per heavy atom. The molecule has 0 spiro atoms. The van der Waals surface area contributed by atoms with E-state index >= 15 is 0 Å². The second-order valence-electron chi connectivity index (χ2n) is 4.25. The van der Waals surface area contributed by atoms with Crippen LogP contribution in [0.3, 0.4) is 0 Å². The third kappa shape index (κ3) is 3.69. The van der Waals surface area contributed by atoms with Crippen LogP contribution in [0.5, 0.6) is 0 Å². The number of aryl methyl sites for hydroxylation is 1. The first-order chi connectivity index (χ1) is 9.11. The molecule has 2 atom stereocenters. The summed E-state index contributed by atoms with van der Waals surface area (Å²) in [4.78, 5) is 4.48. The Morgan fingerprint density at radius 2 is 2.16 bits per heavy atom. The van der Waals surface area contributed by atoms with Crippen molar-refractivity contribution >= 4 is 34.9 Å². The maximum Gasteiger partial charge on any atom is 0.170 e. The normalized spacial score (nSPS) is 14.3. The van der Waals surface area contributed by atoms with E-state index in [0.29, 0.717) is 0 Å². The van der Waals surface area contributed by atoms with E-state index in [0.717, 1.165) is 27.2 Å². The molecule has 2 aromatic rings. The monoisotopic (exact) mass is 313 g/mol. The highest BCUT2D eigenvalue weighted by Crippen LogP contribution is 2.40. The minimum atomic E-state index is -0.0149. The van der Waals surface area contributed by atoms with Gasteiger partial charge in [0.15, 0.2) is 4.34 Å². The predicted octanol–water partition coefficient (Wildman–Crippen LogP) is 3.93. The zero-order valence-corrected chi connectivity index (χ0v) is 13.2. The molecule has 2 N–H and O–H groups in total. The first kappa shape index (κ1) is 14.8. The van der Waals surface area contributed by atoms with Crippen molar-refractivity contribution in [3.63, 3.8) is 0 Å². The largest absolute Gasteiger partial charge is 0.327 e. The number of hydrogen-bond acceptors (Lipinski definition) is 5. The van der Waals surface area contributed by atoms with E-state index in [-0.39, 0.29) is 11.3 Å². The lowest BCUT2D eigenvalue weighted by Crippen LogP contribution is -2.22. The summed E-state index contributed by atoms with van der Waals surface area (Å²) in [5, 5.41) is 0.837. The molecule has 102 valence electrons. The summed E-state index contributed by atoms with van der Waals surface area (Å²) in [6, 6.07) is 7.80. The standard InChI is InChI=1S/C13H16ClN3S2/c1-3-11-16-13(19-17-11)18-12(8(2)15)9-6-4-5-7-10(9)14/h4-8,12H,3,15H2,1-2H3. The molecule has 0 bridgehead atoms. The Kier molecular flexibility index (Phi) is 5.21. The number of nitrogens with two attached hydrogens (primary N) is 1. The molecule has 2 rings (SSSR count). The van der Waals surface area contributed by atoms with Gasteiger partial charge in [0.2, 0.25) is 0 Å². The summed E-state index contributed by atoms with van der Waals surface area (Å²) in [5.74, 6) is 0.884. The molecule has 0 saturated heterocycles. The van der Waals surface area contributed by atoms with Gasteiger partial charge in [-0.3, -0.25) is 0 Å². The number of rotatable bonds is 5. The van der Waals surface area contributed by atoms with Crippen LogP contribution in [0.4, 0.5) is 0 Å². The number of thioether (sulfide) groups is 1. The summed E-state index contributed by atoms with van der Waals surface area (Å²) < 4.78 is 5.24. The SMILES string of the molecule is CCc1nsc(SC(c2ccccc2Cl)C(C)N)n1. The van der Waals surface area contributed by atoms with Gasteiger partial charge in [0, 0.05) is 17.5 Å². The number of aromatic nitrogens is 2. The van der Waals surface area contributed by atoms with Crippen molar-refractivity contribution in [1.82, 2.24) is 9.36 Å². The Morgan fingerprint density at radius 1 is 1.42 bits per heavy atom. The molecule has 3 nitrogen and oxygen atoms in total. The summed E-state index contributed by atoms with van der Waals surface area (Å²) in [7, 11) is 0. The van der Waals surface area contributed by atoms with E-state index in [1.165, 1.54) is 11.5 Å². The summed E-state index contributed by atoms with van der Waals surface area (Å²) >= 11 is 9.32. The van der Waals surface area contributed by atoms with Gasteiger partial charge in [-0.1, -0.05) is 48.5 Å². The highest BCUT2D eigenvalue weighted by Gasteiger charge is 2.21. The third-order valence-electron chi connectivity index (χ3n) is 2.68. The minimum absolute atomic E-state index is 0.0149. The smallest absolute Gasteiger partial charge is 0.170 e. The van der Waals surface area contributed by atoms with E-state index in [1.807, 2.05) is 38.1 Å². The fourth-order valence-corrected chi connectivity index (χ4v) is 4.03. The van der Waals surface area contributed by atoms with Gasteiger partial charge in [-0.2, -0.15) is 4.37 Å². The topological polar surface area (TPSA) is 51.8 Å². The molecular formula is C13H16ClN3S2. The van der Waals surface area contributed by atoms with E-state index in [4.69, 9.17) is 17.3 Å². The zero-order valence-electron chi connectivity index (χ0n) is 10.8. The lowest BCUT2D eigenvalue weighted by Gasteiger charge is -2.20. The molecular weight excluding hydrogens is 298 g/mol. The summed E-state index contributed by atoms with van der Waals surface area (Å²) in [5.41, 5.74) is 7.15. The van der Waals surface area contributed by atoms with Gasteiger partial charge in [-0.15, -0.1) is 0 Å². The van der Waals surface area contributed by atoms with Crippen LogP contribution >= 0.6 is 34.9 Å². The Labute approximate surface area is 126 Å². The van der Waals surface area contributed by atoms with Crippen LogP contribution in [0.25, 0.3) is 0 Å². The van der Waals surface area contributed by atoms with Gasteiger partial charge in [0.1, 0.15) is 5.82 Å². The molecule has 1 heterocycles. The van der Waals surface area contributed by atoms with Crippen molar-refractivity contribution in [2.24, 2.45) is 5.73 Å². The number of nitrogens with zero attached hydrogens (tertiary/aromatic N) is 2. The van der Waals surface area contributed by atoms with Crippen molar-refractivity contribution in [2.45, 2.75) is 35.9 Å². The second-order valence-corrected chi connectivity index (χ2v) is 6.80. The molecule has 0 amide bonds. The van der Waals surface area contributed by atoms with Crippen LogP contribution in [0.2, 0.25) is 5.02 Å². The molecule has 19 heavy (non-hydrogen) atoms. The highest BCUT2D eigenvalue weighted by atomic mass is 35.5. The number of hydrogen-bond donors (Lipinski definition) is 1. The molecule has 0 aliphatic carbocycles. The fraction of sp³-hybridized carbons (Fsp3) is 0.385. The van der Waals surface area contributed by atoms with Crippen molar-refractivity contribution in [1.29, 1.82) is 0 Å². The van der Waals surface area contributed by atoms with E-state index in [2.05, 4.69) is 9.36 Å². The van der Waals surface area contributed by atoms with Crippen molar-refractivity contribution in [2.75, 3.05) is 0 Å². The van der Waals surface area contributed by atoms with Gasteiger partial charge < -0.3 is 5.73 Å². The first-order valence-corrected chi connectivity index (χ1v) is 8.14. The third-order valence-corrected chi connectivity index (χ3v) is 5.32. The van der Waals surface area contributed by atoms with Crippen LogP contribution in [0, 0.1) is 0 Å². The lowest BCUT2D eigenvalue weighted by atomic mass is 10.1. The molecule has 1 aromatic heterocycles. The molecule has 0 fully saturated rings. The first-order valence-electron chi connectivity index (χ1n) is 6.11. The highest BCUT2D eigenvalue weighted by molar-refractivity contribution is 8.01. The predicted molar refractivity (Wildman–Crippen MR) is 83.0 cm³/mol. The molecule has 0 aliphatic heterocycles. The molecule has 2 unspecified atom stereocenters. The molecule has 0 radical (unpaired) electrons. The van der Waals surface area contributed by atoms with E-state index < -0.39 is 0 Å². The number of benzene rings is 1. The zero-order chi connectivity index (χ0) is 13.8. The van der Waals surface area contributed by atoms with Crippen LogP contribution in [-0.4, -0.2) is 15.4 Å². The van der Waals surface area contributed by atoms with Gasteiger partial charge in [-0.25, -0.2) is 4.98 Å². The fourth-order valence-electron chi connectivity index (χ4n) is 1.70. The van der Waals surface area contributed by atoms with Crippen LogP contribution in [0.15, 0.2) is 28.6 Å². The van der Waals surface area contributed by atoms with Crippen molar-refractivity contribution < 1.29 is 0 Å². The molecule has 6 heteroatoms. The average molecular weight is 314 g/mol. The van der Waals surface area contributed by atoms with Gasteiger partial charge in [-0.05, 0) is 30.1 Å². The number of halogens is 1. The maximum atomic E-state index is 6.26. The lowest BCUT2D eigenvalue weighted by molar-refractivity contribution is 0.721. The molecule has 0 aliphatic rings. The second kappa shape index (κ2) is 6.70. The summed E-state index contributed by atoms with van der Waals surface area (Å²) in [6.45, 7) is 4.04. The Balaban J connectivity index is 2.24. The minimum Gasteiger partial charge on any atom is -0.327 e. The van der Waals surface area contributed by atoms with Gasteiger partial charge >= 0.3 is 0 Å². The average Bonchev–Trinajstić information content (AvgIpc) is 2.84. The van der Waals surface area contributed by atoms with Crippen LogP contribution < -0.4 is 5.73 Å². The van der Waals surface area contributed by atoms with Crippen LogP contribution in [-0.2, 0) is 6.42 Å². The van der Waals surface area contributed by atoms with Crippen molar-refractivity contribution in [3.05, 3.63) is 40.7 Å². The van der Waals surface area contributed by atoms with Gasteiger partial charge in [0.05, 0.1) is 5.25 Å². The maximum absolute atomic E-state index is 6.26. The Hall–Kier alpha value is -0.620. The molecule has 1 aromatic carbocycles. The van der Waals surface area contributed by atoms with Crippen molar-refractivity contribution in [3.8, 4) is 0 Å². The van der Waals surface area contributed by atoms with Gasteiger partial charge in [0.25, 0.3) is 0 Å². The van der Waals surface area contributed by atoms with E-state index in [9.17, 15) is 0 Å². The Bertz CT molecular complexity index is 542. The quantitative estimate of drug-likeness (QED) is 0.850. The van der Waals surface area contributed by atoms with Crippen LogP contribution in [0.1, 0.15) is 30.5 Å². The van der Waals surface area contributed by atoms with E-state index in [1.54, 1.807) is 11.8 Å². The summed E-state index contributed by atoms with van der Waals surface area (Å²) in [6.07, 6.45) is 0.853. The molecule has 0 saturated carbocycles.